The van der Waals surface area contributed by atoms with E-state index in [0.717, 1.165) is 22.8 Å². The van der Waals surface area contributed by atoms with E-state index in [1.54, 1.807) is 0 Å². The molecule has 0 amide bonds. The van der Waals surface area contributed by atoms with Gasteiger partial charge in [-0.15, -0.1) is 0 Å². The van der Waals surface area contributed by atoms with Gasteiger partial charge < -0.3 is 5.32 Å². The average Bonchev–Trinajstić information content (AvgIpc) is 2.76. The number of aromatic nitrogens is 2. The highest BCUT2D eigenvalue weighted by atomic mass is 32.2. The van der Waals surface area contributed by atoms with E-state index < -0.39 is 0 Å². The van der Waals surface area contributed by atoms with E-state index in [4.69, 9.17) is 0 Å². The zero-order valence-electron chi connectivity index (χ0n) is 9.90. The molecule has 1 saturated heterocycles. The third-order valence-corrected chi connectivity index (χ3v) is 4.80. The molecule has 3 nitrogen and oxygen atoms in total. The van der Waals surface area contributed by atoms with Gasteiger partial charge in [-0.2, -0.15) is 16.1 Å². The number of hydrogen-bond donors (Lipinski definition) is 1. The molecule has 90 valence electrons. The smallest absolute Gasteiger partial charge is 0.202 e. The van der Waals surface area contributed by atoms with Crippen molar-refractivity contribution in [3.8, 4) is 0 Å². The predicted octanol–water partition coefficient (Wildman–Crippen LogP) is 3.36. The molecule has 1 aliphatic heterocycles. The minimum Gasteiger partial charge on any atom is -0.359 e. The maximum absolute atomic E-state index is 4.48. The fourth-order valence-electron chi connectivity index (χ4n) is 1.71. The molecule has 1 unspecified atom stereocenters. The Morgan fingerprint density at radius 2 is 2.31 bits per heavy atom. The highest BCUT2D eigenvalue weighted by Gasteiger charge is 2.14. The molecule has 0 saturated carbocycles. The molecule has 1 atom stereocenters. The van der Waals surface area contributed by atoms with Crippen molar-refractivity contribution >= 4 is 28.4 Å². The van der Waals surface area contributed by atoms with Crippen LogP contribution in [0.2, 0.25) is 0 Å². The van der Waals surface area contributed by atoms with Crippen LogP contribution in [-0.4, -0.2) is 26.9 Å². The van der Waals surface area contributed by atoms with Gasteiger partial charge in [-0.3, -0.25) is 0 Å². The second-order valence-corrected chi connectivity index (χ2v) is 6.64. The maximum atomic E-state index is 4.48. The zero-order chi connectivity index (χ0) is 11.4. The second kappa shape index (κ2) is 5.87. The van der Waals surface area contributed by atoms with Gasteiger partial charge in [0.2, 0.25) is 5.13 Å². The summed E-state index contributed by atoms with van der Waals surface area (Å²) >= 11 is 3.57. The summed E-state index contributed by atoms with van der Waals surface area (Å²) in [6, 6.07) is 0. The minimum absolute atomic E-state index is 0.427. The average molecular weight is 257 g/mol. The van der Waals surface area contributed by atoms with Gasteiger partial charge >= 0.3 is 0 Å². The molecular weight excluding hydrogens is 238 g/mol. The summed E-state index contributed by atoms with van der Waals surface area (Å²) in [5.41, 5.74) is 0. The van der Waals surface area contributed by atoms with Crippen LogP contribution < -0.4 is 5.32 Å². The zero-order valence-corrected chi connectivity index (χ0v) is 11.5. The predicted molar refractivity (Wildman–Crippen MR) is 72.6 cm³/mol. The van der Waals surface area contributed by atoms with Crippen molar-refractivity contribution in [2.24, 2.45) is 0 Å². The lowest BCUT2D eigenvalue weighted by Crippen LogP contribution is -2.19. The highest BCUT2D eigenvalue weighted by Crippen LogP contribution is 2.25. The Bertz CT molecular complexity index is 319. The molecule has 0 aliphatic carbocycles. The number of thioether (sulfide) groups is 1. The van der Waals surface area contributed by atoms with Gasteiger partial charge in [0.25, 0.3) is 0 Å². The molecule has 1 aromatic heterocycles. The minimum atomic E-state index is 0.427. The molecule has 2 rings (SSSR count). The van der Waals surface area contributed by atoms with Crippen molar-refractivity contribution in [2.45, 2.75) is 44.3 Å². The van der Waals surface area contributed by atoms with Crippen LogP contribution in [0.4, 0.5) is 5.13 Å². The first-order valence-corrected chi connectivity index (χ1v) is 7.77. The fourth-order valence-corrected chi connectivity index (χ4v) is 3.66. The van der Waals surface area contributed by atoms with Gasteiger partial charge in [0.15, 0.2) is 0 Å². The van der Waals surface area contributed by atoms with Crippen LogP contribution in [0.3, 0.4) is 0 Å². The van der Waals surface area contributed by atoms with E-state index in [-0.39, 0.29) is 0 Å². The molecule has 1 fully saturated rings. The van der Waals surface area contributed by atoms with E-state index in [9.17, 15) is 0 Å². The standard InChI is InChI=1S/C11H19N3S2/c1-8(2)10-13-11(16-14-10)12-7-9-5-3-4-6-15-9/h8-9H,3-7H2,1-2H3,(H,12,13,14). The van der Waals surface area contributed by atoms with Crippen LogP contribution >= 0.6 is 23.3 Å². The number of nitrogens with zero attached hydrogens (tertiary/aromatic N) is 2. The first-order valence-electron chi connectivity index (χ1n) is 5.95. The van der Waals surface area contributed by atoms with E-state index >= 15 is 0 Å². The molecule has 0 aromatic carbocycles. The van der Waals surface area contributed by atoms with E-state index in [2.05, 4.69) is 40.3 Å². The molecule has 0 spiro atoms. The molecular formula is C11H19N3S2. The Morgan fingerprint density at radius 3 is 2.94 bits per heavy atom. The van der Waals surface area contributed by atoms with E-state index in [1.165, 1.54) is 36.5 Å². The van der Waals surface area contributed by atoms with Crippen LogP contribution in [-0.2, 0) is 0 Å². The molecule has 1 aliphatic rings. The lowest BCUT2D eigenvalue weighted by Gasteiger charge is -2.20. The van der Waals surface area contributed by atoms with Crippen molar-refractivity contribution in [1.82, 2.24) is 9.36 Å². The molecule has 0 bridgehead atoms. The lowest BCUT2D eigenvalue weighted by molar-refractivity contribution is 0.677. The topological polar surface area (TPSA) is 37.8 Å². The van der Waals surface area contributed by atoms with Crippen molar-refractivity contribution in [3.05, 3.63) is 5.82 Å². The summed E-state index contributed by atoms with van der Waals surface area (Å²) in [6.07, 6.45) is 4.11. The number of nitrogens with one attached hydrogen (secondary N) is 1. The maximum Gasteiger partial charge on any atom is 0.202 e. The van der Waals surface area contributed by atoms with Crippen molar-refractivity contribution < 1.29 is 0 Å². The third kappa shape index (κ3) is 3.35. The number of rotatable bonds is 4. The Balaban J connectivity index is 1.79. The van der Waals surface area contributed by atoms with E-state index in [1.807, 2.05) is 0 Å². The first-order chi connectivity index (χ1) is 7.75. The quantitative estimate of drug-likeness (QED) is 0.897. The molecule has 1 aromatic rings. The fraction of sp³-hybridized carbons (Fsp3) is 0.818. The van der Waals surface area contributed by atoms with Gasteiger partial charge in [-0.25, -0.2) is 4.98 Å². The van der Waals surface area contributed by atoms with Gasteiger partial charge in [-0.1, -0.05) is 20.3 Å². The Hall–Kier alpha value is -0.290. The number of anilines is 1. The van der Waals surface area contributed by atoms with Gasteiger partial charge in [0.05, 0.1) is 0 Å². The van der Waals surface area contributed by atoms with Crippen LogP contribution in [0.1, 0.15) is 44.9 Å². The summed E-state index contributed by atoms with van der Waals surface area (Å²) in [5.74, 6) is 2.71. The summed E-state index contributed by atoms with van der Waals surface area (Å²) in [4.78, 5) is 4.48. The summed E-state index contributed by atoms with van der Waals surface area (Å²) in [6.45, 7) is 5.29. The Labute approximate surface area is 106 Å². The van der Waals surface area contributed by atoms with Crippen molar-refractivity contribution in [2.75, 3.05) is 17.6 Å². The molecule has 2 heterocycles. The molecule has 5 heteroatoms. The summed E-state index contributed by atoms with van der Waals surface area (Å²) in [7, 11) is 0. The SMILES string of the molecule is CC(C)c1nsc(NCC2CCCCS2)n1. The largest absolute Gasteiger partial charge is 0.359 e. The summed E-state index contributed by atoms with van der Waals surface area (Å²) in [5, 5.41) is 5.16. The monoisotopic (exact) mass is 257 g/mol. The Morgan fingerprint density at radius 1 is 1.44 bits per heavy atom. The van der Waals surface area contributed by atoms with Gasteiger partial charge in [-0.05, 0) is 18.6 Å². The molecule has 1 N–H and O–H groups in total. The molecule has 16 heavy (non-hydrogen) atoms. The van der Waals surface area contributed by atoms with Crippen LogP contribution in [0.25, 0.3) is 0 Å². The van der Waals surface area contributed by atoms with Crippen molar-refractivity contribution in [3.63, 3.8) is 0 Å². The summed E-state index contributed by atoms with van der Waals surface area (Å²) < 4.78 is 4.34. The second-order valence-electron chi connectivity index (χ2n) is 4.48. The van der Waals surface area contributed by atoms with Gasteiger partial charge in [0.1, 0.15) is 5.82 Å². The van der Waals surface area contributed by atoms with Crippen LogP contribution in [0, 0.1) is 0 Å². The third-order valence-electron chi connectivity index (χ3n) is 2.71. The normalized spacial score (nSPS) is 21.3. The highest BCUT2D eigenvalue weighted by molar-refractivity contribution is 7.99. The lowest BCUT2D eigenvalue weighted by atomic mass is 10.2. The number of hydrogen-bond acceptors (Lipinski definition) is 5. The molecule has 0 radical (unpaired) electrons. The van der Waals surface area contributed by atoms with Crippen LogP contribution in [0.15, 0.2) is 0 Å². The van der Waals surface area contributed by atoms with Gasteiger partial charge in [0, 0.05) is 29.2 Å². The first kappa shape index (κ1) is 12.2. The van der Waals surface area contributed by atoms with E-state index in [0.29, 0.717) is 5.92 Å². The van der Waals surface area contributed by atoms with Crippen LogP contribution in [0.5, 0.6) is 0 Å². The van der Waals surface area contributed by atoms with Crippen molar-refractivity contribution in [1.29, 1.82) is 0 Å². The Kier molecular flexibility index (Phi) is 4.46.